The van der Waals surface area contributed by atoms with Gasteiger partial charge in [0.05, 0.1) is 19.8 Å². The first-order chi connectivity index (χ1) is 12.2. The number of likely N-dealkylation sites (tertiary alicyclic amines) is 1. The molecule has 2 fully saturated rings. The third-order valence-corrected chi connectivity index (χ3v) is 5.54. The molecule has 6 heteroatoms. The standard InChI is InChI=1S/C20H30N2O3.ClH/c1-24-19-10-6-16(7-11-19)14-21-18-8-4-17(5-9-18)15-25-20(23)22-12-2-3-13-22;/h6-7,10-11,17-18,21H,2-5,8-9,12-15H2,1H3;1H/p+1. The summed E-state index contributed by atoms with van der Waals surface area (Å²) in [5, 5.41) is 2.45. The molecule has 1 aliphatic carbocycles. The van der Waals surface area contributed by atoms with Crippen LogP contribution in [0.25, 0.3) is 0 Å². The van der Waals surface area contributed by atoms with E-state index < -0.39 is 0 Å². The highest BCUT2D eigenvalue weighted by Crippen LogP contribution is 2.23. The van der Waals surface area contributed by atoms with Crippen molar-refractivity contribution in [3.63, 3.8) is 0 Å². The molecule has 26 heavy (non-hydrogen) atoms. The summed E-state index contributed by atoms with van der Waals surface area (Å²) in [4.78, 5) is 13.8. The van der Waals surface area contributed by atoms with Crippen molar-refractivity contribution < 1.29 is 19.6 Å². The van der Waals surface area contributed by atoms with Gasteiger partial charge in [0, 0.05) is 18.7 Å². The fourth-order valence-electron chi connectivity index (χ4n) is 3.84. The van der Waals surface area contributed by atoms with Crippen LogP contribution in [0, 0.1) is 5.92 Å². The molecule has 0 unspecified atom stereocenters. The number of nitrogens with two attached hydrogens (primary N) is 1. The van der Waals surface area contributed by atoms with E-state index in [0.29, 0.717) is 18.6 Å². The van der Waals surface area contributed by atoms with Crippen LogP contribution >= 0.6 is 12.4 Å². The maximum Gasteiger partial charge on any atom is 0.409 e. The van der Waals surface area contributed by atoms with Crippen molar-refractivity contribution in [1.29, 1.82) is 0 Å². The number of ether oxygens (including phenoxy) is 2. The van der Waals surface area contributed by atoms with Crippen molar-refractivity contribution in [2.75, 3.05) is 26.8 Å². The number of carbonyl (C=O) groups excluding carboxylic acids is 1. The summed E-state index contributed by atoms with van der Waals surface area (Å²) in [5.41, 5.74) is 1.34. The topological polar surface area (TPSA) is 55.4 Å². The van der Waals surface area contributed by atoms with Gasteiger partial charge in [-0.1, -0.05) is 0 Å². The molecule has 3 rings (SSSR count). The van der Waals surface area contributed by atoms with Gasteiger partial charge in [-0.25, -0.2) is 4.79 Å². The Morgan fingerprint density at radius 2 is 1.77 bits per heavy atom. The number of benzene rings is 1. The van der Waals surface area contributed by atoms with E-state index in [4.69, 9.17) is 9.47 Å². The van der Waals surface area contributed by atoms with E-state index in [0.717, 1.165) is 51.1 Å². The number of hydrogen-bond donors (Lipinski definition) is 1. The van der Waals surface area contributed by atoms with Gasteiger partial charge in [0.25, 0.3) is 0 Å². The van der Waals surface area contributed by atoms with Crippen molar-refractivity contribution in [2.24, 2.45) is 5.92 Å². The second-order valence-corrected chi connectivity index (χ2v) is 7.34. The fourth-order valence-corrected chi connectivity index (χ4v) is 3.84. The van der Waals surface area contributed by atoms with Crippen LogP contribution in [0.1, 0.15) is 44.1 Å². The molecule has 0 bridgehead atoms. The lowest BCUT2D eigenvalue weighted by Crippen LogP contribution is -2.88. The highest BCUT2D eigenvalue weighted by Gasteiger charge is 2.25. The van der Waals surface area contributed by atoms with Crippen LogP contribution in [0.2, 0.25) is 0 Å². The summed E-state index contributed by atoms with van der Waals surface area (Å²) in [6.07, 6.45) is 6.87. The van der Waals surface area contributed by atoms with Gasteiger partial charge in [-0.3, -0.25) is 0 Å². The number of halogens is 1. The zero-order chi connectivity index (χ0) is 17.5. The molecule has 0 atom stereocenters. The average molecular weight is 384 g/mol. The van der Waals surface area contributed by atoms with E-state index in [1.807, 2.05) is 17.0 Å². The molecule has 1 saturated carbocycles. The highest BCUT2D eigenvalue weighted by atomic mass is 35.5. The first kappa shape index (κ1) is 20.8. The monoisotopic (exact) mass is 383 g/mol. The molecule has 5 nitrogen and oxygen atoms in total. The molecule has 1 aliphatic heterocycles. The molecule has 1 amide bonds. The smallest absolute Gasteiger partial charge is 0.409 e. The van der Waals surface area contributed by atoms with Gasteiger partial charge in [0.15, 0.2) is 0 Å². The summed E-state index contributed by atoms with van der Waals surface area (Å²) >= 11 is 0. The van der Waals surface area contributed by atoms with Crippen LogP contribution in [0.15, 0.2) is 24.3 Å². The minimum Gasteiger partial charge on any atom is -0.497 e. The lowest BCUT2D eigenvalue weighted by Gasteiger charge is -2.27. The molecule has 0 spiro atoms. The van der Waals surface area contributed by atoms with E-state index in [1.165, 1.54) is 18.4 Å². The molecule has 1 aromatic carbocycles. The van der Waals surface area contributed by atoms with Gasteiger partial charge < -0.3 is 19.7 Å². The number of rotatable bonds is 6. The Labute approximate surface area is 162 Å². The Balaban J connectivity index is 0.00000243. The summed E-state index contributed by atoms with van der Waals surface area (Å²) < 4.78 is 10.7. The predicted molar refractivity (Wildman–Crippen MR) is 104 cm³/mol. The van der Waals surface area contributed by atoms with E-state index in [9.17, 15) is 4.79 Å². The number of hydrogen-bond acceptors (Lipinski definition) is 3. The number of quaternary nitrogens is 1. The van der Waals surface area contributed by atoms with Gasteiger partial charge in [-0.2, -0.15) is 0 Å². The van der Waals surface area contributed by atoms with Gasteiger partial charge >= 0.3 is 6.09 Å². The molecule has 2 N–H and O–H groups in total. The van der Waals surface area contributed by atoms with Crippen molar-refractivity contribution in [2.45, 2.75) is 51.1 Å². The normalized spacial score (nSPS) is 22.6. The van der Waals surface area contributed by atoms with Crippen molar-refractivity contribution in [1.82, 2.24) is 4.90 Å². The fraction of sp³-hybridized carbons (Fsp3) is 0.650. The lowest BCUT2D eigenvalue weighted by atomic mass is 9.86. The lowest BCUT2D eigenvalue weighted by molar-refractivity contribution is -0.707. The van der Waals surface area contributed by atoms with Crippen LogP contribution in [0.4, 0.5) is 4.79 Å². The van der Waals surface area contributed by atoms with E-state index in [2.05, 4.69) is 17.4 Å². The third-order valence-electron chi connectivity index (χ3n) is 5.54. The Kier molecular flexibility index (Phi) is 8.52. The van der Waals surface area contributed by atoms with Crippen molar-refractivity contribution in [3.8, 4) is 5.75 Å². The summed E-state index contributed by atoms with van der Waals surface area (Å²) in [5.74, 6) is 1.45. The summed E-state index contributed by atoms with van der Waals surface area (Å²) in [6, 6.07) is 9.01. The number of carbonyl (C=O) groups is 1. The number of methoxy groups -OCH3 is 1. The van der Waals surface area contributed by atoms with E-state index in [-0.39, 0.29) is 18.5 Å². The van der Waals surface area contributed by atoms with Gasteiger partial charge in [-0.15, -0.1) is 12.4 Å². The summed E-state index contributed by atoms with van der Waals surface area (Å²) in [6.45, 7) is 3.35. The molecule has 2 aliphatic rings. The first-order valence-electron chi connectivity index (χ1n) is 9.62. The van der Waals surface area contributed by atoms with Crippen LogP contribution in [-0.2, 0) is 11.3 Å². The van der Waals surface area contributed by atoms with E-state index >= 15 is 0 Å². The van der Waals surface area contributed by atoms with Crippen LogP contribution in [-0.4, -0.2) is 43.8 Å². The first-order valence-corrected chi connectivity index (χ1v) is 9.62. The molecular formula is C20H32ClN2O3+. The Hall–Kier alpha value is -1.46. The zero-order valence-corrected chi connectivity index (χ0v) is 16.5. The minimum absolute atomic E-state index is 0. The van der Waals surface area contributed by atoms with Crippen LogP contribution < -0.4 is 10.1 Å². The zero-order valence-electron chi connectivity index (χ0n) is 15.7. The van der Waals surface area contributed by atoms with Crippen molar-refractivity contribution >= 4 is 18.5 Å². The van der Waals surface area contributed by atoms with Gasteiger partial charge in [0.1, 0.15) is 12.3 Å². The molecule has 1 aromatic rings. The third kappa shape index (κ3) is 6.06. The molecule has 1 heterocycles. The van der Waals surface area contributed by atoms with Gasteiger partial charge in [0.2, 0.25) is 0 Å². The van der Waals surface area contributed by atoms with Crippen molar-refractivity contribution in [3.05, 3.63) is 29.8 Å². The maximum absolute atomic E-state index is 11.9. The van der Waals surface area contributed by atoms with Crippen LogP contribution in [0.5, 0.6) is 5.75 Å². The molecule has 146 valence electrons. The Morgan fingerprint density at radius 3 is 2.38 bits per heavy atom. The quantitative estimate of drug-likeness (QED) is 0.821. The summed E-state index contributed by atoms with van der Waals surface area (Å²) in [7, 11) is 1.70. The Bertz CT molecular complexity index is 538. The van der Waals surface area contributed by atoms with E-state index in [1.54, 1.807) is 7.11 Å². The highest BCUT2D eigenvalue weighted by molar-refractivity contribution is 5.85. The number of nitrogens with zero attached hydrogens (tertiary/aromatic N) is 1. The molecular weight excluding hydrogens is 352 g/mol. The molecule has 0 aromatic heterocycles. The SMILES string of the molecule is COc1ccc(C[NH2+]C2CCC(COC(=O)N3CCCC3)CC2)cc1.Cl. The average Bonchev–Trinajstić information content (AvgIpc) is 3.20. The molecule has 0 radical (unpaired) electrons. The second kappa shape index (κ2) is 10.6. The second-order valence-electron chi connectivity index (χ2n) is 7.34. The predicted octanol–water partition coefficient (Wildman–Crippen LogP) is 2.97. The number of amides is 1. The molecule has 1 saturated heterocycles. The Morgan fingerprint density at radius 1 is 1.12 bits per heavy atom. The maximum atomic E-state index is 11.9. The minimum atomic E-state index is -0.106. The van der Waals surface area contributed by atoms with Gasteiger partial charge in [-0.05, 0) is 68.7 Å². The van der Waals surface area contributed by atoms with Crippen LogP contribution in [0.3, 0.4) is 0 Å². The largest absolute Gasteiger partial charge is 0.497 e.